The summed E-state index contributed by atoms with van der Waals surface area (Å²) in [6, 6.07) is 23.3. The molecule has 0 aromatic heterocycles. The number of aliphatic hydroxyl groups is 1. The van der Waals surface area contributed by atoms with Crippen molar-refractivity contribution >= 4 is 28.8 Å². The van der Waals surface area contributed by atoms with Gasteiger partial charge in [0.15, 0.2) is 0 Å². The fourth-order valence-electron chi connectivity index (χ4n) is 3.90. The monoisotopic (exact) mass is 412 g/mol. The molecule has 3 aromatic rings. The van der Waals surface area contributed by atoms with Gasteiger partial charge >= 0.3 is 0 Å². The number of aliphatic hydroxyl groups excluding tert-OH is 1. The van der Waals surface area contributed by atoms with E-state index in [1.165, 1.54) is 4.90 Å². The number of Topliss-reactive ketones (excluding diaryl/α,β-unsaturated/α-hetero) is 1. The van der Waals surface area contributed by atoms with Crippen LogP contribution in [0.5, 0.6) is 0 Å². The van der Waals surface area contributed by atoms with Gasteiger partial charge in [-0.15, -0.1) is 0 Å². The van der Waals surface area contributed by atoms with Gasteiger partial charge < -0.3 is 10.0 Å². The first-order valence-corrected chi connectivity index (χ1v) is 10.1. The quantitative estimate of drug-likeness (QED) is 0.384. The van der Waals surface area contributed by atoms with E-state index in [-0.39, 0.29) is 11.3 Å². The van der Waals surface area contributed by atoms with Crippen LogP contribution in [0.1, 0.15) is 22.7 Å². The van der Waals surface area contributed by atoms with E-state index in [2.05, 4.69) is 0 Å². The van der Waals surface area contributed by atoms with Crippen LogP contribution in [-0.4, -0.2) is 30.9 Å². The van der Waals surface area contributed by atoms with Gasteiger partial charge in [0, 0.05) is 31.0 Å². The summed E-state index contributed by atoms with van der Waals surface area (Å²) in [5.74, 6) is -1.51. The van der Waals surface area contributed by atoms with Crippen molar-refractivity contribution in [2.75, 3.05) is 23.9 Å². The van der Waals surface area contributed by atoms with Crippen LogP contribution in [0.15, 0.2) is 84.4 Å². The summed E-state index contributed by atoms with van der Waals surface area (Å²) in [6.45, 7) is 1.94. The lowest BCUT2D eigenvalue weighted by Crippen LogP contribution is -2.29. The summed E-state index contributed by atoms with van der Waals surface area (Å²) < 4.78 is 0. The molecule has 0 spiro atoms. The molecular formula is C26H24N2O3. The molecular weight excluding hydrogens is 388 g/mol. The molecule has 1 aliphatic rings. The van der Waals surface area contributed by atoms with E-state index in [9.17, 15) is 14.7 Å². The van der Waals surface area contributed by atoms with Gasteiger partial charge in [-0.05, 0) is 42.3 Å². The molecule has 1 atom stereocenters. The van der Waals surface area contributed by atoms with Crippen LogP contribution in [-0.2, 0) is 9.59 Å². The minimum absolute atomic E-state index is 0.0929. The number of carbonyl (C=O) groups is 2. The van der Waals surface area contributed by atoms with Gasteiger partial charge in [0.2, 0.25) is 0 Å². The third-order valence-corrected chi connectivity index (χ3v) is 5.50. The highest BCUT2D eigenvalue weighted by molar-refractivity contribution is 6.51. The molecule has 0 saturated carbocycles. The molecule has 1 saturated heterocycles. The van der Waals surface area contributed by atoms with E-state index in [4.69, 9.17) is 0 Å². The number of carbonyl (C=O) groups excluding carboxylic acids is 2. The molecule has 0 radical (unpaired) electrons. The van der Waals surface area contributed by atoms with Gasteiger partial charge in [-0.3, -0.25) is 14.5 Å². The van der Waals surface area contributed by atoms with Gasteiger partial charge in [-0.1, -0.05) is 54.6 Å². The zero-order valence-corrected chi connectivity index (χ0v) is 17.7. The van der Waals surface area contributed by atoms with E-state index in [1.54, 1.807) is 24.3 Å². The summed E-state index contributed by atoms with van der Waals surface area (Å²) in [4.78, 5) is 29.7. The highest BCUT2D eigenvalue weighted by atomic mass is 16.3. The van der Waals surface area contributed by atoms with Crippen molar-refractivity contribution in [2.24, 2.45) is 0 Å². The number of ketones is 1. The van der Waals surface area contributed by atoms with Crippen molar-refractivity contribution in [1.82, 2.24) is 0 Å². The summed E-state index contributed by atoms with van der Waals surface area (Å²) in [5.41, 5.74) is 3.94. The van der Waals surface area contributed by atoms with Gasteiger partial charge in [0.25, 0.3) is 11.7 Å². The minimum Gasteiger partial charge on any atom is -0.507 e. The summed E-state index contributed by atoms with van der Waals surface area (Å²) in [7, 11) is 3.90. The van der Waals surface area contributed by atoms with Crippen LogP contribution in [0.4, 0.5) is 11.4 Å². The predicted molar refractivity (Wildman–Crippen MR) is 123 cm³/mol. The fourth-order valence-corrected chi connectivity index (χ4v) is 3.90. The van der Waals surface area contributed by atoms with Crippen molar-refractivity contribution in [3.05, 3.63) is 101 Å². The Labute approximate surface area is 181 Å². The van der Waals surface area contributed by atoms with Crippen LogP contribution in [0.3, 0.4) is 0 Å². The second-order valence-electron chi connectivity index (χ2n) is 7.86. The molecule has 5 heteroatoms. The van der Waals surface area contributed by atoms with Crippen LogP contribution < -0.4 is 9.80 Å². The zero-order chi connectivity index (χ0) is 22.1. The second-order valence-corrected chi connectivity index (χ2v) is 7.86. The maximum Gasteiger partial charge on any atom is 0.300 e. The standard InChI is InChI=1S/C26H24N2O3/c1-17-8-7-11-21(16-17)28-23(18-12-14-20(15-13-18)27(2)3)22(25(30)26(28)31)24(29)19-9-5-4-6-10-19/h4-16,23,29H,1-3H3/b24-22-. The maximum absolute atomic E-state index is 13.1. The van der Waals surface area contributed by atoms with Crippen molar-refractivity contribution < 1.29 is 14.7 Å². The topological polar surface area (TPSA) is 60.9 Å². The Balaban J connectivity index is 1.93. The Kier molecular flexibility index (Phi) is 5.34. The molecule has 1 aliphatic heterocycles. The van der Waals surface area contributed by atoms with E-state index in [0.29, 0.717) is 11.3 Å². The third kappa shape index (κ3) is 3.70. The molecule has 0 aliphatic carbocycles. The first-order chi connectivity index (χ1) is 14.9. The van der Waals surface area contributed by atoms with Crippen LogP contribution in [0, 0.1) is 6.92 Å². The Bertz CT molecular complexity index is 1160. The number of hydrogen-bond donors (Lipinski definition) is 1. The van der Waals surface area contributed by atoms with Gasteiger partial charge in [-0.2, -0.15) is 0 Å². The van der Waals surface area contributed by atoms with E-state index >= 15 is 0 Å². The third-order valence-electron chi connectivity index (χ3n) is 5.50. The molecule has 1 heterocycles. The van der Waals surface area contributed by atoms with Crippen LogP contribution in [0.2, 0.25) is 0 Å². The van der Waals surface area contributed by atoms with E-state index in [0.717, 1.165) is 16.8 Å². The molecule has 1 unspecified atom stereocenters. The molecule has 156 valence electrons. The van der Waals surface area contributed by atoms with Gasteiger partial charge in [0.05, 0.1) is 11.6 Å². The number of hydrogen-bond acceptors (Lipinski definition) is 4. The Morgan fingerprint density at radius 2 is 1.58 bits per heavy atom. The molecule has 4 rings (SSSR count). The molecule has 1 amide bonds. The lowest BCUT2D eigenvalue weighted by atomic mass is 9.95. The molecule has 1 N–H and O–H groups in total. The fraction of sp³-hybridized carbons (Fsp3) is 0.154. The van der Waals surface area contributed by atoms with Crippen LogP contribution >= 0.6 is 0 Å². The normalized spacial score (nSPS) is 17.8. The number of rotatable bonds is 4. The number of amides is 1. The largest absolute Gasteiger partial charge is 0.507 e. The average Bonchev–Trinajstić information content (AvgIpc) is 3.04. The number of benzene rings is 3. The number of anilines is 2. The van der Waals surface area contributed by atoms with E-state index in [1.807, 2.05) is 80.5 Å². The first kappa shape index (κ1) is 20.4. The minimum atomic E-state index is -0.724. The molecule has 31 heavy (non-hydrogen) atoms. The average molecular weight is 412 g/mol. The van der Waals surface area contributed by atoms with Crippen LogP contribution in [0.25, 0.3) is 5.76 Å². The first-order valence-electron chi connectivity index (χ1n) is 10.1. The molecule has 0 bridgehead atoms. The molecule has 5 nitrogen and oxygen atoms in total. The molecule has 1 fully saturated rings. The number of aryl methyl sites for hydroxylation is 1. The highest BCUT2D eigenvalue weighted by Crippen LogP contribution is 2.42. The van der Waals surface area contributed by atoms with Crippen molar-refractivity contribution in [1.29, 1.82) is 0 Å². The molecule has 3 aromatic carbocycles. The Hall–Kier alpha value is -3.86. The lowest BCUT2D eigenvalue weighted by molar-refractivity contribution is -0.132. The Morgan fingerprint density at radius 1 is 0.903 bits per heavy atom. The smallest absolute Gasteiger partial charge is 0.300 e. The summed E-state index contributed by atoms with van der Waals surface area (Å²) in [6.07, 6.45) is 0. The second kappa shape index (κ2) is 8.11. The highest BCUT2D eigenvalue weighted by Gasteiger charge is 2.46. The Morgan fingerprint density at radius 3 is 2.19 bits per heavy atom. The maximum atomic E-state index is 13.1. The van der Waals surface area contributed by atoms with Gasteiger partial charge in [-0.25, -0.2) is 0 Å². The van der Waals surface area contributed by atoms with Crippen molar-refractivity contribution in [3.63, 3.8) is 0 Å². The van der Waals surface area contributed by atoms with Gasteiger partial charge in [0.1, 0.15) is 5.76 Å². The lowest BCUT2D eigenvalue weighted by Gasteiger charge is -2.26. The summed E-state index contributed by atoms with van der Waals surface area (Å²) >= 11 is 0. The zero-order valence-electron chi connectivity index (χ0n) is 17.7. The summed E-state index contributed by atoms with van der Waals surface area (Å²) in [5, 5.41) is 11.1. The SMILES string of the molecule is Cc1cccc(N2C(=O)C(=O)/C(=C(\O)c3ccccc3)C2c2ccc(N(C)C)cc2)c1. The van der Waals surface area contributed by atoms with Crippen molar-refractivity contribution in [2.45, 2.75) is 13.0 Å². The van der Waals surface area contributed by atoms with Crippen molar-refractivity contribution in [3.8, 4) is 0 Å². The van der Waals surface area contributed by atoms with E-state index < -0.39 is 17.7 Å². The predicted octanol–water partition coefficient (Wildman–Crippen LogP) is 4.69. The number of nitrogens with zero attached hydrogens (tertiary/aromatic N) is 2.